The molecule has 1 aliphatic carbocycles. The van der Waals surface area contributed by atoms with Crippen LogP contribution in [0.15, 0.2) is 0 Å². The summed E-state index contributed by atoms with van der Waals surface area (Å²) in [5, 5.41) is 14.9. The van der Waals surface area contributed by atoms with E-state index in [1.54, 1.807) is 0 Å². The van der Waals surface area contributed by atoms with Gasteiger partial charge in [-0.3, -0.25) is 4.79 Å². The fourth-order valence-electron chi connectivity index (χ4n) is 2.92. The van der Waals surface area contributed by atoms with Gasteiger partial charge in [0, 0.05) is 18.3 Å². The quantitative estimate of drug-likeness (QED) is 0.735. The molecule has 0 aromatic rings. The minimum absolute atomic E-state index is 0.0870. The molecule has 0 radical (unpaired) electrons. The van der Waals surface area contributed by atoms with Crippen molar-refractivity contribution in [2.24, 2.45) is 11.8 Å². The van der Waals surface area contributed by atoms with Gasteiger partial charge < -0.3 is 15.7 Å². The molecule has 5 nitrogen and oxygen atoms in total. The highest BCUT2D eigenvalue weighted by Gasteiger charge is 2.32. The first-order valence-electron chi connectivity index (χ1n) is 7.01. The number of hydrogen-bond donors (Lipinski definition) is 3. The van der Waals surface area contributed by atoms with Crippen LogP contribution in [0.3, 0.4) is 0 Å². The molecule has 0 aromatic carbocycles. The summed E-state index contributed by atoms with van der Waals surface area (Å²) >= 11 is 1.87. The Kier molecular flexibility index (Phi) is 5.36. The second kappa shape index (κ2) is 7.03. The molecule has 1 heterocycles. The summed E-state index contributed by atoms with van der Waals surface area (Å²) in [7, 11) is 0. The third-order valence-electron chi connectivity index (χ3n) is 4.00. The molecule has 3 N–H and O–H groups in total. The monoisotopic (exact) mass is 286 g/mol. The number of thioether (sulfide) groups is 1. The normalized spacial score (nSPS) is 30.8. The summed E-state index contributed by atoms with van der Waals surface area (Å²) in [4.78, 5) is 22.8. The molecule has 0 bridgehead atoms. The largest absolute Gasteiger partial charge is 0.481 e. The number of aliphatic carboxylic acids is 1. The van der Waals surface area contributed by atoms with Crippen molar-refractivity contribution in [3.8, 4) is 0 Å². The van der Waals surface area contributed by atoms with Gasteiger partial charge in [0.2, 0.25) is 0 Å². The Balaban J connectivity index is 1.69. The predicted molar refractivity (Wildman–Crippen MR) is 75.3 cm³/mol. The second-order valence-corrected chi connectivity index (χ2v) is 6.55. The number of carboxylic acid groups (broad SMARTS) is 1. The van der Waals surface area contributed by atoms with Crippen LogP contribution in [0.25, 0.3) is 0 Å². The van der Waals surface area contributed by atoms with E-state index < -0.39 is 5.97 Å². The van der Waals surface area contributed by atoms with Crippen molar-refractivity contribution < 1.29 is 14.7 Å². The molecule has 2 amide bonds. The molecule has 1 aliphatic heterocycles. The number of carboxylic acids is 1. The molecule has 3 atom stereocenters. The fourth-order valence-corrected chi connectivity index (χ4v) is 3.99. The summed E-state index contributed by atoms with van der Waals surface area (Å²) in [6.07, 6.45) is 4.78. The summed E-state index contributed by atoms with van der Waals surface area (Å²) in [5.74, 6) is 1.24. The lowest BCUT2D eigenvalue weighted by atomic mass is 9.96. The Bertz CT molecular complexity index is 332. The molecule has 0 spiro atoms. The van der Waals surface area contributed by atoms with Crippen LogP contribution in [-0.4, -0.2) is 41.2 Å². The number of rotatable bonds is 4. The molecule has 1 saturated carbocycles. The van der Waals surface area contributed by atoms with Gasteiger partial charge in [0.05, 0.1) is 5.92 Å². The molecule has 2 aliphatic rings. The van der Waals surface area contributed by atoms with Crippen molar-refractivity contribution >= 4 is 23.8 Å². The van der Waals surface area contributed by atoms with Crippen LogP contribution in [0.1, 0.15) is 32.1 Å². The maximum Gasteiger partial charge on any atom is 0.315 e. The molecule has 0 aromatic heterocycles. The average molecular weight is 286 g/mol. The minimum Gasteiger partial charge on any atom is -0.481 e. The second-order valence-electron chi connectivity index (χ2n) is 5.40. The summed E-state index contributed by atoms with van der Waals surface area (Å²) in [6.45, 7) is 0.475. The van der Waals surface area contributed by atoms with Crippen LogP contribution < -0.4 is 10.6 Å². The van der Waals surface area contributed by atoms with Crippen LogP contribution in [0.2, 0.25) is 0 Å². The van der Waals surface area contributed by atoms with Gasteiger partial charge >= 0.3 is 12.0 Å². The van der Waals surface area contributed by atoms with Crippen LogP contribution in [-0.2, 0) is 4.79 Å². The van der Waals surface area contributed by atoms with Crippen LogP contribution >= 0.6 is 11.8 Å². The zero-order valence-electron chi connectivity index (χ0n) is 11.1. The molecule has 6 heteroatoms. The Labute approximate surface area is 117 Å². The topological polar surface area (TPSA) is 78.4 Å². The van der Waals surface area contributed by atoms with Crippen molar-refractivity contribution in [2.75, 3.05) is 18.1 Å². The van der Waals surface area contributed by atoms with Crippen LogP contribution in [0.5, 0.6) is 0 Å². The van der Waals surface area contributed by atoms with E-state index in [4.69, 9.17) is 5.11 Å². The van der Waals surface area contributed by atoms with Gasteiger partial charge in [0.1, 0.15) is 0 Å². The number of carbonyl (C=O) groups is 2. The van der Waals surface area contributed by atoms with Gasteiger partial charge in [0.25, 0.3) is 0 Å². The maximum absolute atomic E-state index is 11.8. The van der Waals surface area contributed by atoms with E-state index in [1.807, 2.05) is 11.8 Å². The Morgan fingerprint density at radius 1 is 1.21 bits per heavy atom. The van der Waals surface area contributed by atoms with E-state index in [1.165, 1.54) is 5.75 Å². The van der Waals surface area contributed by atoms with Gasteiger partial charge in [-0.2, -0.15) is 11.8 Å². The molecule has 2 fully saturated rings. The lowest BCUT2D eigenvalue weighted by Gasteiger charge is -2.23. The third-order valence-corrected chi connectivity index (χ3v) is 5.21. The van der Waals surface area contributed by atoms with Gasteiger partial charge in [-0.15, -0.1) is 0 Å². The van der Waals surface area contributed by atoms with Gasteiger partial charge in [-0.05, 0) is 37.4 Å². The first-order valence-corrected chi connectivity index (χ1v) is 8.17. The SMILES string of the molecule is O=C(NCC1CCCC1C(=O)O)NC1CCCSC1. The van der Waals surface area contributed by atoms with Crippen molar-refractivity contribution in [2.45, 2.75) is 38.1 Å². The van der Waals surface area contributed by atoms with Gasteiger partial charge in [0.15, 0.2) is 0 Å². The van der Waals surface area contributed by atoms with Gasteiger partial charge in [-0.25, -0.2) is 4.79 Å². The number of nitrogens with one attached hydrogen (secondary N) is 2. The molecule has 1 saturated heterocycles. The van der Waals surface area contributed by atoms with Crippen LogP contribution in [0.4, 0.5) is 4.79 Å². The van der Waals surface area contributed by atoms with Crippen LogP contribution in [0, 0.1) is 11.8 Å². The Morgan fingerprint density at radius 2 is 2.05 bits per heavy atom. The first-order chi connectivity index (χ1) is 9.16. The number of amides is 2. The minimum atomic E-state index is -0.728. The van der Waals surface area contributed by atoms with E-state index in [9.17, 15) is 9.59 Å². The molecular weight excluding hydrogens is 264 g/mol. The highest BCUT2D eigenvalue weighted by atomic mass is 32.2. The highest BCUT2D eigenvalue weighted by Crippen LogP contribution is 2.31. The van der Waals surface area contributed by atoms with E-state index in [-0.39, 0.29) is 23.9 Å². The van der Waals surface area contributed by atoms with Crippen molar-refractivity contribution in [3.63, 3.8) is 0 Å². The number of hydrogen-bond acceptors (Lipinski definition) is 3. The van der Waals surface area contributed by atoms with Crippen molar-refractivity contribution in [3.05, 3.63) is 0 Å². The highest BCUT2D eigenvalue weighted by molar-refractivity contribution is 7.99. The summed E-state index contributed by atoms with van der Waals surface area (Å²) < 4.78 is 0. The van der Waals surface area contributed by atoms with Crippen molar-refractivity contribution in [1.29, 1.82) is 0 Å². The smallest absolute Gasteiger partial charge is 0.315 e. The lowest BCUT2D eigenvalue weighted by Crippen LogP contribution is -2.46. The first kappa shape index (κ1) is 14.5. The number of urea groups is 1. The molecule has 3 unspecified atom stereocenters. The molecule has 108 valence electrons. The zero-order valence-corrected chi connectivity index (χ0v) is 11.9. The summed E-state index contributed by atoms with van der Waals surface area (Å²) in [6, 6.07) is 0.112. The fraction of sp³-hybridized carbons (Fsp3) is 0.846. The third kappa shape index (κ3) is 4.30. The zero-order chi connectivity index (χ0) is 13.7. The molecular formula is C13H22N2O3S. The van der Waals surface area contributed by atoms with E-state index in [0.29, 0.717) is 6.54 Å². The summed E-state index contributed by atoms with van der Waals surface area (Å²) in [5.41, 5.74) is 0. The average Bonchev–Trinajstić information content (AvgIpc) is 2.86. The Morgan fingerprint density at radius 3 is 2.74 bits per heavy atom. The molecule has 2 rings (SSSR count). The van der Waals surface area contributed by atoms with Crippen molar-refractivity contribution in [1.82, 2.24) is 10.6 Å². The van der Waals surface area contributed by atoms with E-state index in [2.05, 4.69) is 10.6 Å². The Hall–Kier alpha value is -0.910. The van der Waals surface area contributed by atoms with E-state index in [0.717, 1.165) is 37.9 Å². The maximum atomic E-state index is 11.8. The number of carbonyl (C=O) groups excluding carboxylic acids is 1. The lowest BCUT2D eigenvalue weighted by molar-refractivity contribution is -0.142. The van der Waals surface area contributed by atoms with Gasteiger partial charge in [-0.1, -0.05) is 6.42 Å². The predicted octanol–water partition coefficient (Wildman–Crippen LogP) is 1.68. The van der Waals surface area contributed by atoms with E-state index >= 15 is 0 Å². The molecule has 19 heavy (non-hydrogen) atoms. The standard InChI is InChI=1S/C13H22N2O3S/c16-12(17)11-5-1-3-9(11)7-14-13(18)15-10-4-2-6-19-8-10/h9-11H,1-8H2,(H,16,17)(H2,14,15,18).